The monoisotopic (exact) mass is 317 g/mol. The lowest BCUT2D eigenvalue weighted by Crippen LogP contribution is -2.51. The van der Waals surface area contributed by atoms with Gasteiger partial charge in [0, 0.05) is 6.26 Å². The third kappa shape index (κ3) is 4.32. The molecule has 8 heteroatoms. The van der Waals surface area contributed by atoms with Crippen LogP contribution in [0.25, 0.3) is 0 Å². The second kappa shape index (κ2) is 5.88. The largest absolute Gasteiger partial charge is 0.481 e. The molecule has 1 amide bonds. The molecule has 0 aliphatic heterocycles. The maximum atomic E-state index is 12.1. The first-order chi connectivity index (χ1) is 9.45. The summed E-state index contributed by atoms with van der Waals surface area (Å²) in [4.78, 5) is 23.0. The Morgan fingerprint density at radius 3 is 2.33 bits per heavy atom. The molecule has 0 aromatic carbocycles. The lowest BCUT2D eigenvalue weighted by Gasteiger charge is -2.33. The summed E-state index contributed by atoms with van der Waals surface area (Å²) in [5.74, 6) is -2.00. The van der Waals surface area contributed by atoms with E-state index in [1.807, 2.05) is 0 Å². The Labute approximate surface area is 123 Å². The molecule has 21 heavy (non-hydrogen) atoms. The van der Waals surface area contributed by atoms with Gasteiger partial charge in [-0.05, 0) is 25.0 Å². The van der Waals surface area contributed by atoms with Crippen molar-refractivity contribution < 1.29 is 27.5 Å². The number of nitrogens with one attached hydrogen (secondary N) is 1. The van der Waals surface area contributed by atoms with E-state index in [-0.39, 0.29) is 23.2 Å². The van der Waals surface area contributed by atoms with Gasteiger partial charge in [-0.2, -0.15) is 0 Å². The van der Waals surface area contributed by atoms with Gasteiger partial charge in [0.1, 0.15) is 0 Å². The summed E-state index contributed by atoms with van der Waals surface area (Å²) in [7, 11) is -3.54. The number of amides is 1. The zero-order valence-electron chi connectivity index (χ0n) is 12.3. The number of furan rings is 1. The molecule has 2 N–H and O–H groups in total. The smallest absolute Gasteiger partial charge is 0.305 e. The van der Waals surface area contributed by atoms with Gasteiger partial charge in [0.2, 0.25) is 14.9 Å². The first-order valence-corrected chi connectivity index (χ1v) is 8.19. The number of sulfone groups is 1. The first kappa shape index (κ1) is 17.2. The average Bonchev–Trinajstić information content (AvgIpc) is 2.75. The number of carbonyl (C=O) groups excluding carboxylic acids is 1. The third-order valence-electron chi connectivity index (χ3n) is 3.36. The van der Waals surface area contributed by atoms with E-state index in [4.69, 9.17) is 9.52 Å². The predicted molar refractivity (Wildman–Crippen MR) is 74.8 cm³/mol. The maximum absolute atomic E-state index is 12.1. The molecule has 0 aliphatic rings. The molecule has 1 unspecified atom stereocenters. The number of carboxylic acids is 1. The van der Waals surface area contributed by atoms with E-state index in [2.05, 4.69) is 5.32 Å². The van der Waals surface area contributed by atoms with Crippen molar-refractivity contribution >= 4 is 21.7 Å². The van der Waals surface area contributed by atoms with Crippen molar-refractivity contribution in [1.29, 1.82) is 0 Å². The van der Waals surface area contributed by atoms with Crippen LogP contribution >= 0.6 is 0 Å². The molecule has 1 heterocycles. The number of rotatable bonds is 6. The highest BCUT2D eigenvalue weighted by Crippen LogP contribution is 2.22. The molecule has 7 nitrogen and oxygen atoms in total. The number of carboxylic acid groups (broad SMARTS) is 1. The Morgan fingerprint density at radius 2 is 1.95 bits per heavy atom. The maximum Gasteiger partial charge on any atom is 0.305 e. The van der Waals surface area contributed by atoms with Gasteiger partial charge in [-0.25, -0.2) is 8.42 Å². The van der Waals surface area contributed by atoms with Gasteiger partial charge < -0.3 is 14.8 Å². The van der Waals surface area contributed by atoms with Crippen LogP contribution in [0.15, 0.2) is 21.6 Å². The summed E-state index contributed by atoms with van der Waals surface area (Å²) in [6.07, 6.45) is 0.715. The van der Waals surface area contributed by atoms with Gasteiger partial charge in [0.05, 0.1) is 12.0 Å². The first-order valence-electron chi connectivity index (χ1n) is 6.30. The fourth-order valence-corrected chi connectivity index (χ4v) is 2.23. The molecule has 0 saturated heterocycles. The summed E-state index contributed by atoms with van der Waals surface area (Å²) < 4.78 is 27.6. The van der Waals surface area contributed by atoms with Crippen molar-refractivity contribution in [2.45, 2.75) is 37.8 Å². The number of hydrogen-bond acceptors (Lipinski definition) is 5. The minimum Gasteiger partial charge on any atom is -0.481 e. The van der Waals surface area contributed by atoms with Crippen molar-refractivity contribution in [2.24, 2.45) is 5.92 Å². The van der Waals surface area contributed by atoms with E-state index in [1.165, 1.54) is 12.1 Å². The molecule has 0 aliphatic carbocycles. The van der Waals surface area contributed by atoms with Crippen LogP contribution in [0.1, 0.15) is 37.7 Å². The van der Waals surface area contributed by atoms with E-state index in [0.717, 1.165) is 6.26 Å². The summed E-state index contributed by atoms with van der Waals surface area (Å²) in [6.45, 7) is 5.19. The van der Waals surface area contributed by atoms with Gasteiger partial charge in [0.25, 0.3) is 5.91 Å². The van der Waals surface area contributed by atoms with Crippen molar-refractivity contribution in [2.75, 3.05) is 6.26 Å². The Hall–Kier alpha value is -1.83. The number of carbonyl (C=O) groups is 2. The quantitative estimate of drug-likeness (QED) is 0.817. The SMILES string of the molecule is CC(C)C(C)(CC(=O)O)NC(=O)c1ccc(S(C)(=O)=O)o1. The summed E-state index contributed by atoms with van der Waals surface area (Å²) in [5, 5.41) is 11.2. The predicted octanol–water partition coefficient (Wildman–Crippen LogP) is 1.30. The second-order valence-corrected chi connectivity index (χ2v) is 7.43. The van der Waals surface area contributed by atoms with Crippen LogP contribution in [-0.2, 0) is 14.6 Å². The second-order valence-electron chi connectivity index (χ2n) is 5.49. The zero-order chi connectivity index (χ0) is 16.4. The molecule has 0 radical (unpaired) electrons. The molecule has 1 rings (SSSR count). The highest BCUT2D eigenvalue weighted by Gasteiger charge is 2.34. The molecular formula is C13H19NO6S. The lowest BCUT2D eigenvalue weighted by molar-refractivity contribution is -0.138. The molecule has 0 saturated carbocycles. The van der Waals surface area contributed by atoms with Crippen LogP contribution in [0.5, 0.6) is 0 Å². The van der Waals surface area contributed by atoms with Gasteiger partial charge >= 0.3 is 5.97 Å². The van der Waals surface area contributed by atoms with Gasteiger partial charge in [-0.1, -0.05) is 13.8 Å². The molecule has 1 aromatic heterocycles. The van der Waals surface area contributed by atoms with Gasteiger partial charge in [0.15, 0.2) is 5.76 Å². The fourth-order valence-electron chi connectivity index (χ4n) is 1.67. The van der Waals surface area contributed by atoms with E-state index in [0.29, 0.717) is 0 Å². The van der Waals surface area contributed by atoms with Crippen LogP contribution in [-0.4, -0.2) is 37.2 Å². The minimum absolute atomic E-state index is 0.137. The Morgan fingerprint density at radius 1 is 1.38 bits per heavy atom. The van der Waals surface area contributed by atoms with Crippen molar-refractivity contribution in [3.05, 3.63) is 17.9 Å². The van der Waals surface area contributed by atoms with Crippen molar-refractivity contribution in [1.82, 2.24) is 5.32 Å². The Bertz CT molecular complexity index is 645. The summed E-state index contributed by atoms with van der Waals surface area (Å²) in [6, 6.07) is 2.43. The van der Waals surface area contributed by atoms with Crippen LogP contribution in [0.3, 0.4) is 0 Å². The van der Waals surface area contributed by atoms with Gasteiger partial charge in [-0.3, -0.25) is 9.59 Å². The van der Waals surface area contributed by atoms with Crippen molar-refractivity contribution in [3.63, 3.8) is 0 Å². The molecule has 0 fully saturated rings. The van der Waals surface area contributed by atoms with E-state index < -0.39 is 27.3 Å². The third-order valence-corrected chi connectivity index (χ3v) is 4.31. The lowest BCUT2D eigenvalue weighted by atomic mass is 9.85. The fraction of sp³-hybridized carbons (Fsp3) is 0.538. The highest BCUT2D eigenvalue weighted by atomic mass is 32.2. The topological polar surface area (TPSA) is 114 Å². The number of aliphatic carboxylic acids is 1. The summed E-state index contributed by atoms with van der Waals surface area (Å²) in [5.41, 5.74) is -0.971. The van der Waals surface area contributed by atoms with Crippen LogP contribution < -0.4 is 5.32 Å². The summed E-state index contributed by atoms with van der Waals surface area (Å²) >= 11 is 0. The molecule has 118 valence electrons. The van der Waals surface area contributed by atoms with Crippen LogP contribution in [0, 0.1) is 5.92 Å². The Kier molecular flexibility index (Phi) is 4.83. The van der Waals surface area contributed by atoms with Crippen molar-refractivity contribution in [3.8, 4) is 0 Å². The van der Waals surface area contributed by atoms with Crippen LogP contribution in [0.4, 0.5) is 0 Å². The standard InChI is InChI=1S/C13H19NO6S/c1-8(2)13(3,7-10(15)16)14-12(17)9-5-6-11(20-9)21(4,18)19/h5-6,8H,7H2,1-4H3,(H,14,17)(H,15,16). The molecule has 0 spiro atoms. The average molecular weight is 317 g/mol. The molecule has 1 aromatic rings. The van der Waals surface area contributed by atoms with Gasteiger partial charge in [-0.15, -0.1) is 0 Å². The van der Waals surface area contributed by atoms with Crippen LogP contribution in [0.2, 0.25) is 0 Å². The molecule has 0 bridgehead atoms. The van der Waals surface area contributed by atoms with E-state index in [9.17, 15) is 18.0 Å². The molecule has 1 atom stereocenters. The Balaban J connectivity index is 2.98. The zero-order valence-corrected chi connectivity index (χ0v) is 13.2. The normalized spacial score (nSPS) is 14.7. The number of hydrogen-bond donors (Lipinski definition) is 2. The van der Waals surface area contributed by atoms with E-state index >= 15 is 0 Å². The highest BCUT2D eigenvalue weighted by molar-refractivity contribution is 7.90. The minimum atomic E-state index is -3.54. The van der Waals surface area contributed by atoms with E-state index in [1.54, 1.807) is 20.8 Å². The molecular weight excluding hydrogens is 298 g/mol.